The molecular weight excluding hydrogens is 394 g/mol. The average molecular weight is 420 g/mol. The minimum Gasteiger partial charge on any atom is -0.376 e. The van der Waals surface area contributed by atoms with Crippen LogP contribution in [0.1, 0.15) is 41.9 Å². The lowest BCUT2D eigenvalue weighted by atomic mass is 10.0. The van der Waals surface area contributed by atoms with Gasteiger partial charge in [0.1, 0.15) is 0 Å². The lowest BCUT2D eigenvalue weighted by molar-refractivity contribution is 0.0834. The van der Waals surface area contributed by atoms with Gasteiger partial charge in [-0.2, -0.15) is 0 Å². The van der Waals surface area contributed by atoms with Gasteiger partial charge in [-0.15, -0.1) is 0 Å². The van der Waals surface area contributed by atoms with E-state index in [1.165, 1.54) is 11.3 Å². The Morgan fingerprint density at radius 2 is 2.10 bits per heavy atom. The minimum atomic E-state index is -0.0114. The highest BCUT2D eigenvalue weighted by Crippen LogP contribution is 2.39. The maximum Gasteiger partial charge on any atom is 0.170 e. The monoisotopic (exact) mass is 419 g/mol. The summed E-state index contributed by atoms with van der Waals surface area (Å²) in [4.78, 5) is 11.2. The van der Waals surface area contributed by atoms with E-state index in [0.29, 0.717) is 0 Å². The van der Waals surface area contributed by atoms with Crippen molar-refractivity contribution >= 4 is 17.3 Å². The number of nitrogens with one attached hydrogen (secondary N) is 1. The van der Waals surface area contributed by atoms with Crippen molar-refractivity contribution in [3.63, 3.8) is 0 Å². The van der Waals surface area contributed by atoms with E-state index in [1.807, 2.05) is 30.6 Å². The van der Waals surface area contributed by atoms with E-state index in [1.54, 1.807) is 6.20 Å². The lowest BCUT2D eigenvalue weighted by Gasteiger charge is -2.30. The van der Waals surface area contributed by atoms with Gasteiger partial charge >= 0.3 is 0 Å². The summed E-state index contributed by atoms with van der Waals surface area (Å²) in [5, 5.41) is 4.30. The van der Waals surface area contributed by atoms with Crippen LogP contribution in [0, 0.1) is 0 Å². The fourth-order valence-corrected chi connectivity index (χ4v) is 4.77. The normalized spacial score (nSPS) is 23.7. The number of hydrogen-bond acceptors (Lipinski definition) is 4. The third kappa shape index (κ3) is 3.82. The highest BCUT2D eigenvalue weighted by molar-refractivity contribution is 7.80. The van der Waals surface area contributed by atoms with Gasteiger partial charge in [-0.3, -0.25) is 9.97 Å². The van der Waals surface area contributed by atoms with Crippen molar-refractivity contribution in [3.05, 3.63) is 84.2 Å². The van der Waals surface area contributed by atoms with Crippen LogP contribution in [0.2, 0.25) is 0 Å². The molecule has 3 aromatic rings. The van der Waals surface area contributed by atoms with Crippen molar-refractivity contribution in [1.29, 1.82) is 0 Å². The van der Waals surface area contributed by atoms with Gasteiger partial charge in [0.15, 0.2) is 5.11 Å². The maximum atomic E-state index is 5.94. The van der Waals surface area contributed by atoms with Crippen LogP contribution in [0.3, 0.4) is 0 Å². The molecule has 3 atom stereocenters. The molecule has 2 aliphatic rings. The average Bonchev–Trinajstić information content (AvgIpc) is 3.52. The Balaban J connectivity index is 1.51. The minimum absolute atomic E-state index is 0.0114. The summed E-state index contributed by atoms with van der Waals surface area (Å²) in [6.07, 6.45) is 10.1. The second kappa shape index (κ2) is 8.53. The largest absolute Gasteiger partial charge is 0.376 e. The SMILES string of the molecule is S=C1N[C@H](c2ccccn2)[C@@H](c2cccn2Cc2cccnc2)N1C[C@@H]1CCCO1. The summed E-state index contributed by atoms with van der Waals surface area (Å²) < 4.78 is 8.22. The highest BCUT2D eigenvalue weighted by atomic mass is 32.1. The highest BCUT2D eigenvalue weighted by Gasteiger charge is 2.42. The van der Waals surface area contributed by atoms with Crippen molar-refractivity contribution in [2.45, 2.75) is 37.6 Å². The summed E-state index contributed by atoms with van der Waals surface area (Å²) in [7, 11) is 0. The summed E-state index contributed by atoms with van der Waals surface area (Å²) >= 11 is 5.79. The number of pyridine rings is 2. The molecular formula is C23H25N5OS. The molecule has 0 bridgehead atoms. The zero-order chi connectivity index (χ0) is 20.3. The summed E-state index contributed by atoms with van der Waals surface area (Å²) in [6, 6.07) is 14.5. The van der Waals surface area contributed by atoms with Gasteiger partial charge < -0.3 is 19.5 Å². The van der Waals surface area contributed by atoms with E-state index in [2.05, 4.69) is 55.2 Å². The molecule has 0 spiro atoms. The molecule has 3 aromatic heterocycles. The first-order valence-corrected chi connectivity index (χ1v) is 10.8. The molecule has 2 fully saturated rings. The van der Waals surface area contributed by atoms with E-state index in [4.69, 9.17) is 17.0 Å². The Bertz CT molecular complexity index is 987. The molecule has 6 nitrogen and oxygen atoms in total. The van der Waals surface area contributed by atoms with Crippen molar-refractivity contribution in [3.8, 4) is 0 Å². The third-order valence-electron chi connectivity index (χ3n) is 5.87. The van der Waals surface area contributed by atoms with Gasteiger partial charge in [-0.25, -0.2) is 0 Å². The number of thiocarbonyl (C=S) groups is 1. The lowest BCUT2D eigenvalue weighted by Crippen LogP contribution is -2.36. The molecule has 0 unspecified atom stereocenters. The van der Waals surface area contributed by atoms with Gasteiger partial charge in [0, 0.05) is 50.2 Å². The van der Waals surface area contributed by atoms with E-state index in [0.717, 1.165) is 43.3 Å². The van der Waals surface area contributed by atoms with Crippen LogP contribution in [0.15, 0.2) is 67.3 Å². The van der Waals surface area contributed by atoms with Crippen LogP contribution in [-0.4, -0.2) is 43.8 Å². The molecule has 2 aliphatic heterocycles. The summed E-state index contributed by atoms with van der Waals surface area (Å²) in [5.41, 5.74) is 3.37. The molecule has 0 saturated carbocycles. The van der Waals surface area contributed by atoms with E-state index < -0.39 is 0 Å². The molecule has 0 radical (unpaired) electrons. The first-order chi connectivity index (χ1) is 14.8. The fraction of sp³-hybridized carbons (Fsp3) is 0.348. The zero-order valence-corrected chi connectivity index (χ0v) is 17.5. The van der Waals surface area contributed by atoms with E-state index in [9.17, 15) is 0 Å². The Morgan fingerprint density at radius 1 is 1.13 bits per heavy atom. The molecule has 7 heteroatoms. The van der Waals surface area contributed by atoms with Crippen molar-refractivity contribution in [1.82, 2.24) is 24.8 Å². The predicted molar refractivity (Wildman–Crippen MR) is 119 cm³/mol. The number of nitrogens with zero attached hydrogens (tertiary/aromatic N) is 4. The molecule has 5 rings (SSSR count). The van der Waals surface area contributed by atoms with Gasteiger partial charge in [-0.1, -0.05) is 12.1 Å². The van der Waals surface area contributed by atoms with Crippen LogP contribution in [0.4, 0.5) is 0 Å². The van der Waals surface area contributed by atoms with Crippen LogP contribution in [0.5, 0.6) is 0 Å². The first-order valence-electron chi connectivity index (χ1n) is 10.4. The Labute approximate surface area is 181 Å². The number of rotatable bonds is 6. The summed E-state index contributed by atoms with van der Waals surface area (Å²) in [5.74, 6) is 0. The smallest absolute Gasteiger partial charge is 0.170 e. The Morgan fingerprint density at radius 3 is 2.87 bits per heavy atom. The molecule has 0 aliphatic carbocycles. The third-order valence-corrected chi connectivity index (χ3v) is 6.22. The zero-order valence-electron chi connectivity index (χ0n) is 16.7. The van der Waals surface area contributed by atoms with Crippen molar-refractivity contribution in [2.24, 2.45) is 0 Å². The molecule has 30 heavy (non-hydrogen) atoms. The van der Waals surface area contributed by atoms with Gasteiger partial charge in [0.2, 0.25) is 0 Å². The molecule has 5 heterocycles. The number of aromatic nitrogens is 3. The van der Waals surface area contributed by atoms with Gasteiger partial charge in [0.25, 0.3) is 0 Å². The molecule has 0 amide bonds. The second-order valence-corrected chi connectivity index (χ2v) is 8.22. The van der Waals surface area contributed by atoms with Crippen molar-refractivity contribution in [2.75, 3.05) is 13.2 Å². The standard InChI is InChI=1S/C23H25N5OS/c30-23-26-21(19-8-1-2-11-25-19)22(28(23)16-18-7-5-13-29-18)20-9-4-12-27(20)15-17-6-3-10-24-14-17/h1-4,6,8-12,14,18,21-22H,5,7,13,15-16H2,(H,26,30)/t18-,21+,22+/m0/s1. The van der Waals surface area contributed by atoms with Gasteiger partial charge in [-0.05, 0) is 61.0 Å². The molecule has 2 saturated heterocycles. The van der Waals surface area contributed by atoms with Crippen LogP contribution < -0.4 is 5.32 Å². The van der Waals surface area contributed by atoms with E-state index >= 15 is 0 Å². The maximum absolute atomic E-state index is 5.94. The van der Waals surface area contributed by atoms with Crippen LogP contribution >= 0.6 is 12.2 Å². The Hall–Kier alpha value is -2.77. The number of ether oxygens (including phenoxy) is 1. The molecule has 1 N–H and O–H groups in total. The van der Waals surface area contributed by atoms with Crippen LogP contribution in [0.25, 0.3) is 0 Å². The second-order valence-electron chi connectivity index (χ2n) is 7.84. The fourth-order valence-electron chi connectivity index (χ4n) is 4.46. The van der Waals surface area contributed by atoms with E-state index in [-0.39, 0.29) is 18.2 Å². The molecule has 154 valence electrons. The quantitative estimate of drug-likeness (QED) is 0.618. The van der Waals surface area contributed by atoms with Gasteiger partial charge in [0.05, 0.1) is 23.9 Å². The summed E-state index contributed by atoms with van der Waals surface area (Å²) in [6.45, 7) is 2.39. The van der Waals surface area contributed by atoms with Crippen molar-refractivity contribution < 1.29 is 4.74 Å². The predicted octanol–water partition coefficient (Wildman–Crippen LogP) is 3.48. The van der Waals surface area contributed by atoms with Crippen LogP contribution in [-0.2, 0) is 11.3 Å². The number of hydrogen-bond donors (Lipinski definition) is 1. The Kier molecular flexibility index (Phi) is 5.46. The first kappa shape index (κ1) is 19.2. The topological polar surface area (TPSA) is 55.2 Å². The molecule has 0 aromatic carbocycles.